The summed E-state index contributed by atoms with van der Waals surface area (Å²) in [5.74, 6) is 0. The summed E-state index contributed by atoms with van der Waals surface area (Å²) in [6.07, 6.45) is 0. The van der Waals surface area contributed by atoms with Gasteiger partial charge in [-0.3, -0.25) is 0 Å². The van der Waals surface area contributed by atoms with Gasteiger partial charge in [0.05, 0.1) is 5.69 Å². The number of nitrogens with zero attached hydrogens (tertiary/aromatic N) is 1. The fourth-order valence-corrected chi connectivity index (χ4v) is 8.63. The summed E-state index contributed by atoms with van der Waals surface area (Å²) >= 11 is 0. The molecule has 1 aromatic heterocycles. The lowest BCUT2D eigenvalue weighted by molar-refractivity contribution is 0.670. The molecule has 0 bridgehead atoms. The Morgan fingerprint density at radius 2 is 0.857 bits per heavy atom. The molecule has 262 valence electrons. The van der Waals surface area contributed by atoms with Crippen LogP contribution < -0.4 is 4.90 Å². The molecule has 11 rings (SSSR count). The number of hydrogen-bond donors (Lipinski definition) is 0. The van der Waals surface area contributed by atoms with E-state index in [0.29, 0.717) is 0 Å². The van der Waals surface area contributed by atoms with Crippen molar-refractivity contribution in [3.05, 3.63) is 212 Å². The van der Waals surface area contributed by atoms with Gasteiger partial charge in [0.25, 0.3) is 0 Å². The summed E-state index contributed by atoms with van der Waals surface area (Å²) in [6.45, 7) is 0. The third kappa shape index (κ3) is 5.26. The van der Waals surface area contributed by atoms with Gasteiger partial charge in [0.1, 0.15) is 11.2 Å². The molecular formula is C54H35NO. The maximum absolute atomic E-state index is 6.61. The molecule has 56 heavy (non-hydrogen) atoms. The maximum Gasteiger partial charge on any atom is 0.143 e. The van der Waals surface area contributed by atoms with Crippen LogP contribution in [-0.4, -0.2) is 0 Å². The molecule has 10 aromatic carbocycles. The molecule has 0 amide bonds. The van der Waals surface area contributed by atoms with E-state index >= 15 is 0 Å². The molecule has 2 nitrogen and oxygen atoms in total. The number of furan rings is 1. The number of fused-ring (bicyclic) bond motifs is 7. The maximum atomic E-state index is 6.61. The van der Waals surface area contributed by atoms with E-state index < -0.39 is 0 Å². The molecule has 0 aliphatic carbocycles. The molecule has 0 atom stereocenters. The lowest BCUT2D eigenvalue weighted by Gasteiger charge is -2.28. The first-order valence-corrected chi connectivity index (χ1v) is 19.2. The first kappa shape index (κ1) is 32.0. The van der Waals surface area contributed by atoms with Crippen LogP contribution in [0.15, 0.2) is 217 Å². The topological polar surface area (TPSA) is 16.4 Å². The minimum absolute atomic E-state index is 0.902. The lowest BCUT2D eigenvalue weighted by atomic mass is 9.93. The van der Waals surface area contributed by atoms with Crippen LogP contribution >= 0.6 is 0 Å². The van der Waals surface area contributed by atoms with Gasteiger partial charge in [-0.15, -0.1) is 0 Å². The lowest BCUT2D eigenvalue weighted by Crippen LogP contribution is -2.11. The molecule has 0 fully saturated rings. The van der Waals surface area contributed by atoms with Gasteiger partial charge in [-0.05, 0) is 103 Å². The fourth-order valence-electron chi connectivity index (χ4n) is 8.63. The van der Waals surface area contributed by atoms with E-state index in [-0.39, 0.29) is 0 Å². The number of rotatable bonds is 6. The van der Waals surface area contributed by atoms with Crippen LogP contribution in [0.2, 0.25) is 0 Å². The molecule has 2 heteroatoms. The molecule has 0 aliphatic rings. The summed E-state index contributed by atoms with van der Waals surface area (Å²) < 4.78 is 6.61. The third-order valence-electron chi connectivity index (χ3n) is 11.2. The summed E-state index contributed by atoms with van der Waals surface area (Å²) in [4.78, 5) is 2.38. The van der Waals surface area contributed by atoms with E-state index in [1.54, 1.807) is 0 Å². The van der Waals surface area contributed by atoms with Gasteiger partial charge in [0.15, 0.2) is 0 Å². The summed E-state index contributed by atoms with van der Waals surface area (Å²) in [5, 5.41) is 9.70. The van der Waals surface area contributed by atoms with Gasteiger partial charge in [0, 0.05) is 33.3 Å². The zero-order chi connectivity index (χ0) is 37.0. The Balaban J connectivity index is 1.07. The van der Waals surface area contributed by atoms with E-state index in [1.807, 2.05) is 6.07 Å². The second kappa shape index (κ2) is 13.2. The third-order valence-corrected chi connectivity index (χ3v) is 11.2. The Morgan fingerprint density at radius 3 is 1.61 bits per heavy atom. The number of benzene rings is 10. The quantitative estimate of drug-likeness (QED) is 0.160. The highest BCUT2D eigenvalue weighted by Crippen LogP contribution is 2.45. The van der Waals surface area contributed by atoms with Crippen molar-refractivity contribution in [2.75, 3.05) is 4.90 Å². The molecule has 0 saturated heterocycles. The normalized spacial score (nSPS) is 11.6. The predicted octanol–water partition coefficient (Wildman–Crippen LogP) is 15.5. The molecule has 11 aromatic rings. The zero-order valence-corrected chi connectivity index (χ0v) is 30.6. The van der Waals surface area contributed by atoms with E-state index in [4.69, 9.17) is 4.42 Å². The van der Waals surface area contributed by atoms with Crippen LogP contribution in [0.1, 0.15) is 0 Å². The highest BCUT2D eigenvalue weighted by molar-refractivity contribution is 6.18. The highest BCUT2D eigenvalue weighted by atomic mass is 16.3. The smallest absolute Gasteiger partial charge is 0.143 e. The number of para-hydroxylation sites is 2. The van der Waals surface area contributed by atoms with Gasteiger partial charge in [-0.2, -0.15) is 0 Å². The Kier molecular flexibility index (Phi) is 7.53. The molecule has 0 radical (unpaired) electrons. The van der Waals surface area contributed by atoms with Crippen LogP contribution in [0.25, 0.3) is 87.6 Å². The first-order valence-electron chi connectivity index (χ1n) is 19.2. The predicted molar refractivity (Wildman–Crippen MR) is 237 cm³/mol. The zero-order valence-electron chi connectivity index (χ0n) is 30.6. The number of hydrogen-bond acceptors (Lipinski definition) is 2. The first-order chi connectivity index (χ1) is 27.8. The van der Waals surface area contributed by atoms with Crippen molar-refractivity contribution in [2.45, 2.75) is 0 Å². The van der Waals surface area contributed by atoms with Gasteiger partial charge in [-0.1, -0.05) is 164 Å². The van der Waals surface area contributed by atoms with E-state index in [9.17, 15) is 0 Å². The number of anilines is 3. The van der Waals surface area contributed by atoms with E-state index in [1.165, 1.54) is 54.6 Å². The van der Waals surface area contributed by atoms with Gasteiger partial charge in [0.2, 0.25) is 0 Å². The van der Waals surface area contributed by atoms with Crippen molar-refractivity contribution in [1.29, 1.82) is 0 Å². The molecule has 0 N–H and O–H groups in total. The highest BCUT2D eigenvalue weighted by Gasteiger charge is 2.20. The van der Waals surface area contributed by atoms with Crippen molar-refractivity contribution in [3.8, 4) is 33.4 Å². The van der Waals surface area contributed by atoms with Gasteiger partial charge in [-0.25, -0.2) is 0 Å². The van der Waals surface area contributed by atoms with Crippen molar-refractivity contribution < 1.29 is 4.42 Å². The van der Waals surface area contributed by atoms with Crippen molar-refractivity contribution >= 4 is 71.3 Å². The second-order valence-electron chi connectivity index (χ2n) is 14.5. The largest absolute Gasteiger partial charge is 0.455 e. The van der Waals surface area contributed by atoms with Crippen LogP contribution in [-0.2, 0) is 0 Å². The van der Waals surface area contributed by atoms with Crippen LogP contribution in [0.3, 0.4) is 0 Å². The van der Waals surface area contributed by atoms with Crippen LogP contribution in [0.5, 0.6) is 0 Å². The Hall–Kier alpha value is -7.42. The second-order valence-corrected chi connectivity index (χ2v) is 14.5. The van der Waals surface area contributed by atoms with E-state index in [0.717, 1.165) is 50.1 Å². The van der Waals surface area contributed by atoms with Gasteiger partial charge >= 0.3 is 0 Å². The van der Waals surface area contributed by atoms with Crippen LogP contribution in [0.4, 0.5) is 17.1 Å². The average molecular weight is 714 g/mol. The fraction of sp³-hybridized carbons (Fsp3) is 0. The van der Waals surface area contributed by atoms with Crippen molar-refractivity contribution in [3.63, 3.8) is 0 Å². The Morgan fingerprint density at radius 1 is 0.321 bits per heavy atom. The molecular weight excluding hydrogens is 679 g/mol. The SMILES string of the molecule is c1ccc(-c2ccccc2N(c2ccc(-c3cc4ccccc4c4ccccc34)cc2)c2ccc(-c3c4ccccc4cc4c3oc3ccccc34)cc2)cc1. The average Bonchev–Trinajstić information content (AvgIpc) is 3.64. The Bertz CT molecular complexity index is 3230. The standard InChI is InChI=1S/C54H35NO/c1-2-14-36(15-3-1)44-19-10-12-24-51(44)55(41-30-26-37(27-31-41)49-34-39-16-4-6-18-43(39)46-21-8-9-22-47(46)49)42-32-28-38(29-33-42)53-45-20-7-5-17-40(45)35-50-48-23-11-13-25-52(48)56-54(50)53/h1-35H. The molecule has 1 heterocycles. The Labute approximate surface area is 325 Å². The van der Waals surface area contributed by atoms with Crippen molar-refractivity contribution in [1.82, 2.24) is 0 Å². The minimum Gasteiger partial charge on any atom is -0.455 e. The van der Waals surface area contributed by atoms with Crippen LogP contribution in [0, 0.1) is 0 Å². The summed E-state index contributed by atoms with van der Waals surface area (Å²) in [5.41, 5.74) is 12.1. The summed E-state index contributed by atoms with van der Waals surface area (Å²) in [7, 11) is 0. The molecule has 0 saturated carbocycles. The molecule has 0 spiro atoms. The monoisotopic (exact) mass is 713 g/mol. The minimum atomic E-state index is 0.902. The van der Waals surface area contributed by atoms with Gasteiger partial charge < -0.3 is 9.32 Å². The summed E-state index contributed by atoms with van der Waals surface area (Å²) in [6, 6.07) is 76.4. The van der Waals surface area contributed by atoms with Crippen molar-refractivity contribution in [2.24, 2.45) is 0 Å². The molecule has 0 aliphatic heterocycles. The molecule has 0 unspecified atom stereocenters. The van der Waals surface area contributed by atoms with E-state index in [2.05, 4.69) is 211 Å².